The number of hydrogen-bond donors (Lipinski definition) is 2. The SMILES string of the molecule is CCCCOCCCNc1ccc(C(=O)O)c(Br)c1F. The quantitative estimate of drug-likeness (QED) is 0.665. The van der Waals surface area contributed by atoms with Crippen molar-refractivity contribution in [3.8, 4) is 0 Å². The average Bonchev–Trinajstić information content (AvgIpc) is 2.42. The molecule has 0 unspecified atom stereocenters. The van der Waals surface area contributed by atoms with Crippen molar-refractivity contribution in [2.45, 2.75) is 26.2 Å². The maximum atomic E-state index is 13.9. The number of ether oxygens (including phenoxy) is 1. The second kappa shape index (κ2) is 8.92. The summed E-state index contributed by atoms with van der Waals surface area (Å²) in [6.45, 7) is 4.06. The van der Waals surface area contributed by atoms with Gasteiger partial charge in [0.1, 0.15) is 0 Å². The van der Waals surface area contributed by atoms with E-state index in [2.05, 4.69) is 28.2 Å². The molecule has 1 rings (SSSR count). The third-order valence-corrected chi connectivity index (χ3v) is 3.51. The van der Waals surface area contributed by atoms with Crippen molar-refractivity contribution in [2.75, 3.05) is 25.1 Å². The second-order valence-electron chi connectivity index (χ2n) is 4.34. The smallest absolute Gasteiger partial charge is 0.336 e. The molecule has 4 nitrogen and oxygen atoms in total. The number of carbonyl (C=O) groups is 1. The molecule has 0 saturated carbocycles. The zero-order valence-corrected chi connectivity index (χ0v) is 13.0. The van der Waals surface area contributed by atoms with E-state index in [4.69, 9.17) is 9.84 Å². The van der Waals surface area contributed by atoms with Gasteiger partial charge in [-0.1, -0.05) is 13.3 Å². The van der Waals surface area contributed by atoms with Crippen LogP contribution in [0.5, 0.6) is 0 Å². The van der Waals surface area contributed by atoms with Crippen LogP contribution < -0.4 is 5.32 Å². The van der Waals surface area contributed by atoms with Crippen LogP contribution in [0.2, 0.25) is 0 Å². The number of unbranched alkanes of at least 4 members (excludes halogenated alkanes) is 1. The fourth-order valence-corrected chi connectivity index (χ4v) is 2.11. The van der Waals surface area contributed by atoms with Gasteiger partial charge in [0, 0.05) is 19.8 Å². The van der Waals surface area contributed by atoms with Crippen LogP contribution in [-0.2, 0) is 4.74 Å². The van der Waals surface area contributed by atoms with Crippen LogP contribution in [0.1, 0.15) is 36.5 Å². The first-order chi connectivity index (χ1) is 9.57. The summed E-state index contributed by atoms with van der Waals surface area (Å²) in [7, 11) is 0. The molecule has 0 radical (unpaired) electrons. The van der Waals surface area contributed by atoms with Crippen molar-refractivity contribution in [1.29, 1.82) is 0 Å². The summed E-state index contributed by atoms with van der Waals surface area (Å²) in [6.07, 6.45) is 2.92. The van der Waals surface area contributed by atoms with E-state index in [-0.39, 0.29) is 15.7 Å². The lowest BCUT2D eigenvalue weighted by atomic mass is 10.2. The van der Waals surface area contributed by atoms with E-state index >= 15 is 0 Å². The fourth-order valence-electron chi connectivity index (χ4n) is 1.60. The number of rotatable bonds is 9. The van der Waals surface area contributed by atoms with Gasteiger partial charge >= 0.3 is 5.97 Å². The number of benzene rings is 1. The molecule has 6 heteroatoms. The zero-order valence-electron chi connectivity index (χ0n) is 11.4. The number of aromatic carboxylic acids is 1. The van der Waals surface area contributed by atoms with Crippen LogP contribution >= 0.6 is 15.9 Å². The number of carboxylic acid groups (broad SMARTS) is 1. The summed E-state index contributed by atoms with van der Waals surface area (Å²) in [5.74, 6) is -1.75. The molecular weight excluding hydrogens is 329 g/mol. The largest absolute Gasteiger partial charge is 0.478 e. The molecule has 0 aliphatic carbocycles. The highest BCUT2D eigenvalue weighted by Crippen LogP contribution is 2.27. The van der Waals surface area contributed by atoms with Gasteiger partial charge in [0.15, 0.2) is 5.82 Å². The molecule has 20 heavy (non-hydrogen) atoms. The van der Waals surface area contributed by atoms with Crippen LogP contribution in [-0.4, -0.2) is 30.8 Å². The first-order valence-corrected chi connectivity index (χ1v) is 7.40. The van der Waals surface area contributed by atoms with Gasteiger partial charge in [0.2, 0.25) is 0 Å². The molecule has 0 amide bonds. The minimum Gasteiger partial charge on any atom is -0.478 e. The second-order valence-corrected chi connectivity index (χ2v) is 5.13. The molecule has 0 atom stereocenters. The van der Waals surface area contributed by atoms with E-state index in [0.717, 1.165) is 25.9 Å². The van der Waals surface area contributed by atoms with Crippen molar-refractivity contribution in [3.05, 3.63) is 28.0 Å². The Morgan fingerprint density at radius 3 is 2.75 bits per heavy atom. The number of halogens is 2. The minimum absolute atomic E-state index is 0.0332. The van der Waals surface area contributed by atoms with E-state index in [1.165, 1.54) is 12.1 Å². The monoisotopic (exact) mass is 347 g/mol. The fraction of sp³-hybridized carbons (Fsp3) is 0.500. The number of nitrogens with one attached hydrogen (secondary N) is 1. The summed E-state index contributed by atoms with van der Waals surface area (Å²) >= 11 is 2.96. The van der Waals surface area contributed by atoms with Gasteiger partial charge in [0.05, 0.1) is 15.7 Å². The Bertz CT molecular complexity index is 454. The normalized spacial score (nSPS) is 10.6. The third kappa shape index (κ3) is 5.09. The van der Waals surface area contributed by atoms with E-state index < -0.39 is 11.8 Å². The van der Waals surface area contributed by atoms with Gasteiger partial charge in [-0.2, -0.15) is 0 Å². The Labute approximate surface area is 126 Å². The molecule has 0 saturated heterocycles. The Kier molecular flexibility index (Phi) is 7.54. The Morgan fingerprint density at radius 2 is 2.10 bits per heavy atom. The number of hydrogen-bond acceptors (Lipinski definition) is 3. The van der Waals surface area contributed by atoms with Crippen LogP contribution in [0.25, 0.3) is 0 Å². The minimum atomic E-state index is -1.16. The molecule has 0 aliphatic rings. The zero-order chi connectivity index (χ0) is 15.0. The van der Waals surface area contributed by atoms with Crippen LogP contribution in [0.3, 0.4) is 0 Å². The lowest BCUT2D eigenvalue weighted by Crippen LogP contribution is -2.09. The summed E-state index contributed by atoms with van der Waals surface area (Å²) in [6, 6.07) is 2.80. The molecule has 0 aliphatic heterocycles. The van der Waals surface area contributed by atoms with E-state index in [1.54, 1.807) is 0 Å². The van der Waals surface area contributed by atoms with Crippen LogP contribution in [0, 0.1) is 5.82 Å². The molecule has 112 valence electrons. The first kappa shape index (κ1) is 16.9. The topological polar surface area (TPSA) is 58.6 Å². The van der Waals surface area contributed by atoms with Crippen molar-refractivity contribution in [1.82, 2.24) is 0 Å². The van der Waals surface area contributed by atoms with Crippen LogP contribution in [0.15, 0.2) is 16.6 Å². The molecule has 0 spiro atoms. The van der Waals surface area contributed by atoms with E-state index in [1.807, 2.05) is 0 Å². The number of anilines is 1. The Morgan fingerprint density at radius 1 is 1.40 bits per heavy atom. The standard InChI is InChI=1S/C14H19BrFNO3/c1-2-3-8-20-9-4-7-17-11-6-5-10(14(18)19)12(15)13(11)16/h5-6,17H,2-4,7-9H2,1H3,(H,18,19). The van der Waals surface area contributed by atoms with E-state index in [0.29, 0.717) is 13.2 Å². The van der Waals surface area contributed by atoms with Crippen molar-refractivity contribution < 1.29 is 19.0 Å². The maximum Gasteiger partial charge on any atom is 0.336 e. The predicted molar refractivity (Wildman–Crippen MR) is 79.9 cm³/mol. The van der Waals surface area contributed by atoms with Crippen molar-refractivity contribution in [2.24, 2.45) is 0 Å². The maximum absolute atomic E-state index is 13.9. The molecule has 1 aromatic carbocycles. The first-order valence-electron chi connectivity index (χ1n) is 6.60. The van der Waals surface area contributed by atoms with Gasteiger partial charge in [0.25, 0.3) is 0 Å². The summed E-state index contributed by atoms with van der Waals surface area (Å²) in [4.78, 5) is 10.8. The highest BCUT2D eigenvalue weighted by Gasteiger charge is 2.15. The van der Waals surface area contributed by atoms with Crippen molar-refractivity contribution in [3.63, 3.8) is 0 Å². The summed E-state index contributed by atoms with van der Waals surface area (Å²) in [5, 5.41) is 11.8. The highest BCUT2D eigenvalue weighted by molar-refractivity contribution is 9.10. The molecule has 0 fully saturated rings. The summed E-state index contributed by atoms with van der Waals surface area (Å²) in [5.41, 5.74) is 0.200. The summed E-state index contributed by atoms with van der Waals surface area (Å²) < 4.78 is 19.3. The van der Waals surface area contributed by atoms with E-state index in [9.17, 15) is 9.18 Å². The van der Waals surface area contributed by atoms with Gasteiger partial charge in [-0.25, -0.2) is 9.18 Å². The predicted octanol–water partition coefficient (Wildman–Crippen LogP) is 3.91. The molecule has 2 N–H and O–H groups in total. The van der Waals surface area contributed by atoms with Gasteiger partial charge in [-0.05, 0) is 40.9 Å². The van der Waals surface area contributed by atoms with Crippen LogP contribution in [0.4, 0.5) is 10.1 Å². The third-order valence-electron chi connectivity index (χ3n) is 2.74. The molecule has 1 aromatic rings. The van der Waals surface area contributed by atoms with Crippen molar-refractivity contribution >= 4 is 27.6 Å². The molecule has 0 heterocycles. The molecule has 0 bridgehead atoms. The molecular formula is C14H19BrFNO3. The average molecular weight is 348 g/mol. The van der Waals surface area contributed by atoms with Gasteiger partial charge in [-0.15, -0.1) is 0 Å². The van der Waals surface area contributed by atoms with Gasteiger partial charge < -0.3 is 15.2 Å². The lowest BCUT2D eigenvalue weighted by molar-refractivity contribution is 0.0695. The van der Waals surface area contributed by atoms with Gasteiger partial charge in [-0.3, -0.25) is 0 Å². The molecule has 0 aromatic heterocycles. The lowest BCUT2D eigenvalue weighted by Gasteiger charge is -2.10. The Balaban J connectivity index is 2.41. The Hall–Kier alpha value is -1.14. The number of carboxylic acids is 1. The highest BCUT2D eigenvalue weighted by atomic mass is 79.9.